The molecule has 0 aromatic carbocycles. The number of rotatable bonds is 3. The highest BCUT2D eigenvalue weighted by Gasteiger charge is 2.69. The van der Waals surface area contributed by atoms with E-state index >= 15 is 0 Å². The second-order valence-electron chi connectivity index (χ2n) is 17.1. The van der Waals surface area contributed by atoms with Gasteiger partial charge in [0.25, 0.3) is 0 Å². The van der Waals surface area contributed by atoms with Gasteiger partial charge >= 0.3 is 0 Å². The smallest absolute Gasteiger partial charge is 0.226 e. The number of fused-ring (bicyclic) bond motifs is 7. The molecule has 0 aromatic heterocycles. The summed E-state index contributed by atoms with van der Waals surface area (Å²) in [6.07, 6.45) is 12.5. The largest absolute Gasteiger partial charge is 0.378 e. The Kier molecular flexibility index (Phi) is 7.06. The van der Waals surface area contributed by atoms with Crippen LogP contribution in [0.25, 0.3) is 4.85 Å². The van der Waals surface area contributed by atoms with Crippen molar-refractivity contribution in [2.75, 3.05) is 26.3 Å². The van der Waals surface area contributed by atoms with E-state index in [-0.39, 0.29) is 62.6 Å². The average molecular weight is 589 g/mol. The Balaban J connectivity index is 1.40. The van der Waals surface area contributed by atoms with E-state index in [4.69, 9.17) is 11.3 Å². The quantitative estimate of drug-likeness (QED) is 0.327. The van der Waals surface area contributed by atoms with Crippen LogP contribution in [0, 0.1) is 56.8 Å². The molecular formula is C37H52N2O4. The molecule has 234 valence electrons. The van der Waals surface area contributed by atoms with Gasteiger partial charge in [0.05, 0.1) is 19.8 Å². The minimum absolute atomic E-state index is 0.0104. The van der Waals surface area contributed by atoms with Crippen LogP contribution in [0.5, 0.6) is 0 Å². The highest BCUT2D eigenvalue weighted by molar-refractivity contribution is 6.03. The number of morpholine rings is 1. The van der Waals surface area contributed by atoms with Gasteiger partial charge < -0.3 is 14.4 Å². The molecule has 6 heteroatoms. The average Bonchev–Trinajstić information content (AvgIpc) is 2.95. The first-order valence-corrected chi connectivity index (χ1v) is 16.8. The molecular weight excluding hydrogens is 536 g/mol. The summed E-state index contributed by atoms with van der Waals surface area (Å²) < 4.78 is 5.48. The highest BCUT2D eigenvalue weighted by Crippen LogP contribution is 2.75. The number of nitrogens with zero attached hydrogens (tertiary/aromatic N) is 2. The van der Waals surface area contributed by atoms with Gasteiger partial charge in [0.1, 0.15) is 0 Å². The van der Waals surface area contributed by atoms with E-state index in [2.05, 4.69) is 39.5 Å². The molecule has 0 unspecified atom stereocenters. The third kappa shape index (κ3) is 4.30. The molecule has 0 aromatic rings. The van der Waals surface area contributed by atoms with Crippen LogP contribution >= 0.6 is 0 Å². The fourth-order valence-electron chi connectivity index (χ4n) is 11.5. The molecule has 6 aliphatic rings. The van der Waals surface area contributed by atoms with Crippen LogP contribution in [0.4, 0.5) is 0 Å². The summed E-state index contributed by atoms with van der Waals surface area (Å²) in [6, 6.07) is 0. The Hall–Kier alpha value is -2.26. The van der Waals surface area contributed by atoms with Crippen LogP contribution in [0.1, 0.15) is 106 Å². The Morgan fingerprint density at radius 3 is 2.35 bits per heavy atom. The summed E-state index contributed by atoms with van der Waals surface area (Å²) in [5, 5.41) is 0. The molecule has 7 atom stereocenters. The number of ether oxygens (including phenoxy) is 1. The van der Waals surface area contributed by atoms with Gasteiger partial charge in [0, 0.05) is 36.3 Å². The molecule has 6 rings (SSSR count). The van der Waals surface area contributed by atoms with Crippen molar-refractivity contribution in [2.24, 2.45) is 50.2 Å². The molecule has 5 aliphatic carbocycles. The lowest BCUT2D eigenvalue weighted by molar-refractivity contribution is -0.173. The van der Waals surface area contributed by atoms with Crippen molar-refractivity contribution in [3.05, 3.63) is 34.8 Å². The minimum atomic E-state index is -0.644. The van der Waals surface area contributed by atoms with Crippen molar-refractivity contribution >= 4 is 17.5 Å². The maximum atomic E-state index is 14.7. The van der Waals surface area contributed by atoms with Gasteiger partial charge in [-0.2, -0.15) is 0 Å². The van der Waals surface area contributed by atoms with Crippen molar-refractivity contribution in [1.82, 2.24) is 4.90 Å². The van der Waals surface area contributed by atoms with Crippen LogP contribution in [0.3, 0.4) is 0 Å². The standard InChI is InChI=1S/C37H52N2O4/c1-32(2)13-15-37(12-10-29(41)39-17-19-43-20-18-39)16-14-36(7)30(24(37)22-32)26(40)21-28-34(5)23-25(38-8)31(42)33(3,4)27(34)9-11-35(28,36)6/h21,23-24,27,30H,9-20,22H2,1-7H3/t24-,27-,30-,34-,35+,36+,37+/m0/s1. The SMILES string of the molecule is [C-]#[N+]C1=C[C@]2(C)C3=CC(=O)[C@@H]4[C@@H]5CC(C)(C)CC[C@]5(CCC(=O)N5CCOCC5)CC[C@@]4(C)[C@]3(C)CC[C@H]2C(C)(C)C1=O. The van der Waals surface area contributed by atoms with Crippen LogP contribution in [0.15, 0.2) is 23.4 Å². The fraction of sp³-hybridized carbons (Fsp3) is 0.784. The first-order chi connectivity index (χ1) is 20.0. The number of carbonyl (C=O) groups excluding carboxylic acids is 3. The zero-order valence-corrected chi connectivity index (χ0v) is 27.6. The lowest BCUT2D eigenvalue weighted by atomic mass is 9.34. The first kappa shape index (κ1) is 30.8. The molecule has 0 bridgehead atoms. The van der Waals surface area contributed by atoms with Crippen molar-refractivity contribution in [2.45, 2.75) is 106 Å². The monoisotopic (exact) mass is 588 g/mol. The predicted molar refractivity (Wildman–Crippen MR) is 167 cm³/mol. The highest BCUT2D eigenvalue weighted by atomic mass is 16.5. The summed E-state index contributed by atoms with van der Waals surface area (Å²) in [7, 11) is 0. The molecule has 4 fully saturated rings. The van der Waals surface area contributed by atoms with E-state index in [0.717, 1.165) is 56.9 Å². The van der Waals surface area contributed by atoms with Gasteiger partial charge in [-0.3, -0.25) is 9.59 Å². The molecule has 1 heterocycles. The number of carbonyl (C=O) groups is 3. The molecule has 1 saturated heterocycles. The van der Waals surface area contributed by atoms with Crippen LogP contribution in [0.2, 0.25) is 0 Å². The first-order valence-electron chi connectivity index (χ1n) is 16.8. The number of hydrogen-bond acceptors (Lipinski definition) is 4. The lowest BCUT2D eigenvalue weighted by Gasteiger charge is -2.69. The molecule has 1 aliphatic heterocycles. The molecule has 1 amide bonds. The lowest BCUT2D eigenvalue weighted by Crippen LogP contribution is -2.64. The molecule has 3 saturated carbocycles. The van der Waals surface area contributed by atoms with Crippen molar-refractivity contribution in [1.29, 1.82) is 0 Å². The van der Waals surface area contributed by atoms with E-state index in [9.17, 15) is 14.4 Å². The Bertz CT molecular complexity index is 1340. The third-order valence-corrected chi connectivity index (χ3v) is 14.2. The second-order valence-corrected chi connectivity index (χ2v) is 17.1. The van der Waals surface area contributed by atoms with Crippen molar-refractivity contribution in [3.63, 3.8) is 0 Å². The number of allylic oxidation sites excluding steroid dienone is 4. The Morgan fingerprint density at radius 1 is 1.00 bits per heavy atom. The van der Waals surface area contributed by atoms with Crippen LogP contribution < -0.4 is 0 Å². The summed E-state index contributed by atoms with van der Waals surface area (Å²) in [5.74, 6) is 0.665. The summed E-state index contributed by atoms with van der Waals surface area (Å²) in [4.78, 5) is 47.0. The fourth-order valence-corrected chi connectivity index (χ4v) is 11.5. The Labute approximate surface area is 258 Å². The van der Waals surface area contributed by atoms with E-state index in [0.29, 0.717) is 32.7 Å². The molecule has 0 spiro atoms. The zero-order chi connectivity index (χ0) is 31.2. The van der Waals surface area contributed by atoms with Crippen LogP contribution in [-0.4, -0.2) is 48.7 Å². The van der Waals surface area contributed by atoms with Gasteiger partial charge in [-0.15, -0.1) is 0 Å². The van der Waals surface area contributed by atoms with Gasteiger partial charge in [-0.05, 0) is 90.9 Å². The summed E-state index contributed by atoms with van der Waals surface area (Å²) in [5.41, 5.74) is 0.00619. The van der Waals surface area contributed by atoms with Crippen molar-refractivity contribution < 1.29 is 19.1 Å². The van der Waals surface area contributed by atoms with Crippen LogP contribution in [-0.2, 0) is 19.1 Å². The van der Waals surface area contributed by atoms with E-state index in [1.807, 2.05) is 30.9 Å². The molecule has 0 N–H and O–H groups in total. The molecule has 0 radical (unpaired) electrons. The molecule has 43 heavy (non-hydrogen) atoms. The number of Topliss-reactive ketones (excluding diaryl/α,β-unsaturated/α-hetero) is 1. The van der Waals surface area contributed by atoms with E-state index in [1.165, 1.54) is 0 Å². The normalized spacial score (nSPS) is 43.2. The summed E-state index contributed by atoms with van der Waals surface area (Å²) >= 11 is 0. The number of amides is 1. The maximum Gasteiger partial charge on any atom is 0.226 e. The second kappa shape index (κ2) is 9.87. The minimum Gasteiger partial charge on any atom is -0.378 e. The van der Waals surface area contributed by atoms with Gasteiger partial charge in [0.2, 0.25) is 11.6 Å². The van der Waals surface area contributed by atoms with Crippen molar-refractivity contribution in [3.8, 4) is 0 Å². The zero-order valence-electron chi connectivity index (χ0n) is 27.6. The Morgan fingerprint density at radius 2 is 1.67 bits per heavy atom. The maximum absolute atomic E-state index is 14.7. The van der Waals surface area contributed by atoms with Gasteiger partial charge in [-0.25, -0.2) is 4.85 Å². The number of ketones is 2. The summed E-state index contributed by atoms with van der Waals surface area (Å²) in [6.45, 7) is 26.1. The number of hydrogen-bond donors (Lipinski definition) is 0. The van der Waals surface area contributed by atoms with E-state index in [1.54, 1.807) is 0 Å². The third-order valence-electron chi connectivity index (χ3n) is 14.2. The predicted octanol–water partition coefficient (Wildman–Crippen LogP) is 7.20. The van der Waals surface area contributed by atoms with Gasteiger partial charge in [-0.1, -0.05) is 60.1 Å². The topological polar surface area (TPSA) is 68.0 Å². The van der Waals surface area contributed by atoms with Gasteiger partial charge in [0.15, 0.2) is 11.6 Å². The molecule has 6 nitrogen and oxygen atoms in total. The van der Waals surface area contributed by atoms with E-state index < -0.39 is 10.8 Å².